The van der Waals surface area contributed by atoms with E-state index in [9.17, 15) is 4.79 Å². The normalized spacial score (nSPS) is 18.3. The SMILES string of the molecule is CC(C)(CC=O)C1CCCCC1.CO. The third-order valence-corrected chi connectivity index (χ3v) is 3.32. The van der Waals surface area contributed by atoms with Crippen molar-refractivity contribution < 1.29 is 9.90 Å². The Balaban J connectivity index is 0.000000791. The van der Waals surface area contributed by atoms with E-state index in [1.54, 1.807) is 0 Å². The molecule has 0 radical (unpaired) electrons. The lowest BCUT2D eigenvalue weighted by Gasteiger charge is -2.35. The number of aliphatic hydroxyl groups is 1. The summed E-state index contributed by atoms with van der Waals surface area (Å²) in [5.41, 5.74) is 0.252. The molecule has 0 bridgehead atoms. The summed E-state index contributed by atoms with van der Waals surface area (Å²) in [5.74, 6) is 0.788. The first kappa shape index (κ1) is 13.6. The van der Waals surface area contributed by atoms with Gasteiger partial charge in [0.1, 0.15) is 6.29 Å². The second-order valence-corrected chi connectivity index (χ2v) is 4.69. The number of aliphatic hydroxyl groups excluding tert-OH is 1. The van der Waals surface area contributed by atoms with Gasteiger partial charge in [0.05, 0.1) is 0 Å². The lowest BCUT2D eigenvalue weighted by Crippen LogP contribution is -2.26. The maximum atomic E-state index is 10.5. The smallest absolute Gasteiger partial charge is 0.120 e. The highest BCUT2D eigenvalue weighted by atomic mass is 16.2. The zero-order valence-corrected chi connectivity index (χ0v) is 9.75. The van der Waals surface area contributed by atoms with E-state index in [0.717, 1.165) is 25.7 Å². The molecule has 0 atom stereocenters. The molecule has 0 spiro atoms. The number of carbonyl (C=O) groups excluding carboxylic acids is 1. The van der Waals surface area contributed by atoms with Gasteiger partial charge in [-0.05, 0) is 24.2 Å². The molecule has 0 aromatic carbocycles. The van der Waals surface area contributed by atoms with E-state index < -0.39 is 0 Å². The summed E-state index contributed by atoms with van der Waals surface area (Å²) in [6, 6.07) is 0. The zero-order valence-electron chi connectivity index (χ0n) is 9.75. The highest BCUT2D eigenvalue weighted by molar-refractivity contribution is 5.50. The molecule has 0 aliphatic heterocycles. The van der Waals surface area contributed by atoms with Crippen molar-refractivity contribution in [2.45, 2.75) is 52.4 Å². The van der Waals surface area contributed by atoms with E-state index in [4.69, 9.17) is 5.11 Å². The van der Waals surface area contributed by atoms with Crippen molar-refractivity contribution in [1.82, 2.24) is 0 Å². The van der Waals surface area contributed by atoms with Crippen molar-refractivity contribution >= 4 is 6.29 Å². The van der Waals surface area contributed by atoms with Crippen LogP contribution in [0.2, 0.25) is 0 Å². The number of rotatable bonds is 3. The summed E-state index contributed by atoms with van der Waals surface area (Å²) < 4.78 is 0. The first-order chi connectivity index (χ1) is 6.67. The third kappa shape index (κ3) is 4.23. The second kappa shape index (κ2) is 6.99. The molecule has 0 heterocycles. The van der Waals surface area contributed by atoms with E-state index in [1.807, 2.05) is 0 Å². The summed E-state index contributed by atoms with van der Waals surface area (Å²) >= 11 is 0. The van der Waals surface area contributed by atoms with Gasteiger partial charge in [0.2, 0.25) is 0 Å². The Morgan fingerprint density at radius 1 is 1.21 bits per heavy atom. The predicted octanol–water partition coefficient (Wildman–Crippen LogP) is 2.79. The molecule has 0 amide bonds. The van der Waals surface area contributed by atoms with Gasteiger partial charge >= 0.3 is 0 Å². The molecular weight excluding hydrogens is 176 g/mol. The van der Waals surface area contributed by atoms with Crippen LogP contribution in [0.1, 0.15) is 52.4 Å². The van der Waals surface area contributed by atoms with Gasteiger partial charge in [-0.25, -0.2) is 0 Å². The van der Waals surface area contributed by atoms with Gasteiger partial charge in [-0.2, -0.15) is 0 Å². The average Bonchev–Trinajstić information content (AvgIpc) is 2.22. The Bertz CT molecular complexity index is 146. The van der Waals surface area contributed by atoms with Crippen LogP contribution in [0.4, 0.5) is 0 Å². The zero-order chi connectivity index (χ0) is 11.0. The lowest BCUT2D eigenvalue weighted by molar-refractivity contribution is -0.110. The van der Waals surface area contributed by atoms with Crippen molar-refractivity contribution in [3.8, 4) is 0 Å². The van der Waals surface area contributed by atoms with Crippen LogP contribution in [-0.2, 0) is 4.79 Å². The fraction of sp³-hybridized carbons (Fsp3) is 0.917. The Kier molecular flexibility index (Phi) is 6.81. The van der Waals surface area contributed by atoms with Gasteiger partial charge < -0.3 is 9.90 Å². The molecule has 2 heteroatoms. The van der Waals surface area contributed by atoms with Crippen molar-refractivity contribution in [2.24, 2.45) is 11.3 Å². The van der Waals surface area contributed by atoms with E-state index >= 15 is 0 Å². The van der Waals surface area contributed by atoms with E-state index in [-0.39, 0.29) is 5.41 Å². The van der Waals surface area contributed by atoms with Gasteiger partial charge in [0, 0.05) is 13.5 Å². The number of aldehydes is 1. The van der Waals surface area contributed by atoms with Crippen LogP contribution in [0.3, 0.4) is 0 Å². The summed E-state index contributed by atoms with van der Waals surface area (Å²) in [7, 11) is 1.00. The van der Waals surface area contributed by atoms with E-state index in [2.05, 4.69) is 13.8 Å². The number of hydrogen-bond acceptors (Lipinski definition) is 2. The quantitative estimate of drug-likeness (QED) is 0.711. The maximum Gasteiger partial charge on any atom is 0.120 e. The molecule has 1 N–H and O–H groups in total. The molecular formula is C12H24O2. The maximum absolute atomic E-state index is 10.5. The molecule has 0 aromatic rings. The molecule has 0 unspecified atom stereocenters. The summed E-state index contributed by atoms with van der Waals surface area (Å²) in [4.78, 5) is 10.5. The van der Waals surface area contributed by atoms with Gasteiger partial charge in [-0.1, -0.05) is 33.1 Å². The van der Waals surface area contributed by atoms with Crippen LogP contribution >= 0.6 is 0 Å². The number of carbonyl (C=O) groups is 1. The Hall–Kier alpha value is -0.370. The molecule has 1 saturated carbocycles. The molecule has 0 aromatic heterocycles. The largest absolute Gasteiger partial charge is 0.400 e. The fourth-order valence-electron chi connectivity index (χ4n) is 2.27. The monoisotopic (exact) mass is 200 g/mol. The van der Waals surface area contributed by atoms with Crippen molar-refractivity contribution in [3.05, 3.63) is 0 Å². The minimum absolute atomic E-state index is 0.252. The minimum Gasteiger partial charge on any atom is -0.400 e. The van der Waals surface area contributed by atoms with Crippen LogP contribution in [0, 0.1) is 11.3 Å². The minimum atomic E-state index is 0.252. The molecule has 1 fully saturated rings. The van der Waals surface area contributed by atoms with Gasteiger partial charge in [0.25, 0.3) is 0 Å². The van der Waals surface area contributed by atoms with Gasteiger partial charge in [-0.15, -0.1) is 0 Å². The lowest BCUT2D eigenvalue weighted by atomic mass is 9.70. The topological polar surface area (TPSA) is 37.3 Å². The predicted molar refractivity (Wildman–Crippen MR) is 59.2 cm³/mol. The standard InChI is InChI=1S/C11H20O.CH4O/c1-11(2,8-9-12)10-6-4-3-5-7-10;1-2/h9-10H,3-8H2,1-2H3;2H,1H3. The number of hydrogen-bond donors (Lipinski definition) is 1. The van der Waals surface area contributed by atoms with Gasteiger partial charge in [0.15, 0.2) is 0 Å². The molecule has 14 heavy (non-hydrogen) atoms. The van der Waals surface area contributed by atoms with E-state index in [0.29, 0.717) is 0 Å². The average molecular weight is 200 g/mol. The molecule has 84 valence electrons. The first-order valence-corrected chi connectivity index (χ1v) is 5.55. The Labute approximate surface area is 87.7 Å². The highest BCUT2D eigenvalue weighted by Gasteiger charge is 2.29. The van der Waals surface area contributed by atoms with Crippen molar-refractivity contribution in [3.63, 3.8) is 0 Å². The van der Waals surface area contributed by atoms with Crippen molar-refractivity contribution in [2.75, 3.05) is 7.11 Å². The summed E-state index contributed by atoms with van der Waals surface area (Å²) in [6.07, 6.45) is 8.61. The van der Waals surface area contributed by atoms with Crippen LogP contribution < -0.4 is 0 Å². The van der Waals surface area contributed by atoms with Gasteiger partial charge in [-0.3, -0.25) is 0 Å². The van der Waals surface area contributed by atoms with Crippen LogP contribution in [0.15, 0.2) is 0 Å². The highest BCUT2D eigenvalue weighted by Crippen LogP contribution is 2.39. The summed E-state index contributed by atoms with van der Waals surface area (Å²) in [6.45, 7) is 4.47. The molecule has 0 saturated heterocycles. The van der Waals surface area contributed by atoms with Crippen LogP contribution in [0.5, 0.6) is 0 Å². The fourth-order valence-corrected chi connectivity index (χ4v) is 2.27. The molecule has 1 rings (SSSR count). The first-order valence-electron chi connectivity index (χ1n) is 5.55. The molecule has 2 nitrogen and oxygen atoms in total. The van der Waals surface area contributed by atoms with Crippen LogP contribution in [0.25, 0.3) is 0 Å². The Morgan fingerprint density at radius 3 is 2.14 bits per heavy atom. The van der Waals surface area contributed by atoms with E-state index in [1.165, 1.54) is 32.1 Å². The molecule has 1 aliphatic carbocycles. The van der Waals surface area contributed by atoms with Crippen molar-refractivity contribution in [1.29, 1.82) is 0 Å². The second-order valence-electron chi connectivity index (χ2n) is 4.69. The van der Waals surface area contributed by atoms with Crippen LogP contribution in [-0.4, -0.2) is 18.5 Å². The third-order valence-electron chi connectivity index (χ3n) is 3.32. The summed E-state index contributed by atoms with van der Waals surface area (Å²) in [5, 5.41) is 7.00. The Morgan fingerprint density at radius 2 is 1.71 bits per heavy atom. The molecule has 1 aliphatic rings.